The van der Waals surface area contributed by atoms with E-state index in [0.29, 0.717) is 46.5 Å². The maximum absolute atomic E-state index is 11.8. The molecular weight excluding hydrogens is 338 g/mol. The lowest BCUT2D eigenvalue weighted by Gasteiger charge is -2.13. The normalized spacial score (nSPS) is 15.1. The van der Waals surface area contributed by atoms with Crippen LogP contribution in [0.4, 0.5) is 0 Å². The summed E-state index contributed by atoms with van der Waals surface area (Å²) in [6, 6.07) is 5.36. The Hall–Kier alpha value is -2.74. The number of aromatic nitrogens is 4. The SMILES string of the molecule is CSc1nccc(-c2ncc(C3(C(N)=O)CC3)nc2-c2ccco2)n1. The molecule has 1 aliphatic carbocycles. The molecule has 3 aromatic heterocycles. The molecule has 0 aromatic carbocycles. The molecule has 0 bridgehead atoms. The van der Waals surface area contributed by atoms with E-state index in [4.69, 9.17) is 10.2 Å². The van der Waals surface area contributed by atoms with E-state index in [-0.39, 0.29) is 5.91 Å². The maximum atomic E-state index is 11.8. The van der Waals surface area contributed by atoms with Crippen molar-refractivity contribution in [2.24, 2.45) is 5.73 Å². The number of carbonyl (C=O) groups is 1. The number of nitrogens with zero attached hydrogens (tertiary/aromatic N) is 4. The minimum atomic E-state index is -0.705. The van der Waals surface area contributed by atoms with Crippen LogP contribution in [0.2, 0.25) is 0 Å². The van der Waals surface area contributed by atoms with Gasteiger partial charge in [0.1, 0.15) is 11.4 Å². The van der Waals surface area contributed by atoms with E-state index in [1.165, 1.54) is 11.8 Å². The van der Waals surface area contributed by atoms with Gasteiger partial charge in [0.25, 0.3) is 0 Å². The maximum Gasteiger partial charge on any atom is 0.229 e. The summed E-state index contributed by atoms with van der Waals surface area (Å²) in [7, 11) is 0. The van der Waals surface area contributed by atoms with Crippen LogP contribution in [-0.4, -0.2) is 32.1 Å². The van der Waals surface area contributed by atoms with Gasteiger partial charge in [-0.3, -0.25) is 9.78 Å². The van der Waals surface area contributed by atoms with Crippen LogP contribution in [0.3, 0.4) is 0 Å². The lowest BCUT2D eigenvalue weighted by Crippen LogP contribution is -2.29. The molecule has 8 heteroatoms. The summed E-state index contributed by atoms with van der Waals surface area (Å²) >= 11 is 1.45. The van der Waals surface area contributed by atoms with E-state index >= 15 is 0 Å². The van der Waals surface area contributed by atoms with Gasteiger partial charge in [0.15, 0.2) is 10.9 Å². The van der Waals surface area contributed by atoms with Crippen LogP contribution in [0.15, 0.2) is 46.4 Å². The molecule has 1 fully saturated rings. The Bertz CT molecular complexity index is 938. The van der Waals surface area contributed by atoms with Crippen LogP contribution >= 0.6 is 11.8 Å². The van der Waals surface area contributed by atoms with Crippen molar-refractivity contribution in [3.05, 3.63) is 42.5 Å². The fourth-order valence-electron chi connectivity index (χ4n) is 2.72. The Morgan fingerprint density at radius 2 is 2.08 bits per heavy atom. The van der Waals surface area contributed by atoms with Crippen molar-refractivity contribution in [1.82, 2.24) is 19.9 Å². The number of nitrogens with two attached hydrogens (primary N) is 1. The number of amides is 1. The van der Waals surface area contributed by atoms with Crippen LogP contribution in [0.25, 0.3) is 22.8 Å². The number of rotatable bonds is 5. The predicted octanol–water partition coefficient (Wildman–Crippen LogP) is 2.43. The fraction of sp³-hybridized carbons (Fsp3) is 0.235. The molecule has 0 radical (unpaired) electrons. The first-order valence-electron chi connectivity index (χ1n) is 7.73. The van der Waals surface area contributed by atoms with Gasteiger partial charge < -0.3 is 10.2 Å². The van der Waals surface area contributed by atoms with Crippen molar-refractivity contribution in [2.45, 2.75) is 23.4 Å². The van der Waals surface area contributed by atoms with Gasteiger partial charge in [-0.2, -0.15) is 0 Å². The number of furan rings is 1. The van der Waals surface area contributed by atoms with E-state index in [1.807, 2.05) is 6.26 Å². The summed E-state index contributed by atoms with van der Waals surface area (Å²) in [5.41, 5.74) is 7.21. The molecular formula is C17H15N5O2S. The molecule has 7 nitrogen and oxygen atoms in total. The molecule has 3 aromatic rings. The topological polar surface area (TPSA) is 108 Å². The Kier molecular flexibility index (Phi) is 3.76. The Morgan fingerprint density at radius 3 is 2.72 bits per heavy atom. The first-order valence-corrected chi connectivity index (χ1v) is 8.95. The first kappa shape index (κ1) is 15.8. The van der Waals surface area contributed by atoms with Gasteiger partial charge in [-0.15, -0.1) is 0 Å². The lowest BCUT2D eigenvalue weighted by atomic mass is 10.0. The third-order valence-corrected chi connectivity index (χ3v) is 4.86. The molecule has 0 atom stereocenters. The molecule has 0 aliphatic heterocycles. The van der Waals surface area contributed by atoms with Gasteiger partial charge in [-0.25, -0.2) is 15.0 Å². The highest BCUT2D eigenvalue weighted by atomic mass is 32.2. The summed E-state index contributed by atoms with van der Waals surface area (Å²) in [4.78, 5) is 29.7. The lowest BCUT2D eigenvalue weighted by molar-refractivity contribution is -0.120. The summed E-state index contributed by atoms with van der Waals surface area (Å²) in [5, 5.41) is 0.643. The smallest absolute Gasteiger partial charge is 0.229 e. The van der Waals surface area contributed by atoms with E-state index in [0.717, 1.165) is 0 Å². The highest BCUT2D eigenvalue weighted by Gasteiger charge is 2.52. The monoisotopic (exact) mass is 353 g/mol. The summed E-state index contributed by atoms with van der Waals surface area (Å²) < 4.78 is 5.52. The van der Waals surface area contributed by atoms with E-state index in [1.54, 1.807) is 36.9 Å². The molecule has 0 saturated heterocycles. The number of hydrogen-bond acceptors (Lipinski definition) is 7. The van der Waals surface area contributed by atoms with Crippen molar-refractivity contribution >= 4 is 17.7 Å². The van der Waals surface area contributed by atoms with Crippen LogP contribution in [0, 0.1) is 0 Å². The third kappa shape index (κ3) is 2.68. The molecule has 25 heavy (non-hydrogen) atoms. The zero-order valence-corrected chi connectivity index (χ0v) is 14.3. The highest BCUT2D eigenvalue weighted by Crippen LogP contribution is 2.47. The Balaban J connectivity index is 1.88. The molecule has 1 saturated carbocycles. The van der Waals surface area contributed by atoms with Gasteiger partial charge in [0, 0.05) is 6.20 Å². The average Bonchev–Trinajstić information content (AvgIpc) is 3.29. The van der Waals surface area contributed by atoms with Gasteiger partial charge in [0.2, 0.25) is 5.91 Å². The van der Waals surface area contributed by atoms with Gasteiger partial charge in [-0.05, 0) is 37.3 Å². The number of carbonyl (C=O) groups excluding carboxylic acids is 1. The Morgan fingerprint density at radius 1 is 1.24 bits per heavy atom. The van der Waals surface area contributed by atoms with Crippen LogP contribution in [0.5, 0.6) is 0 Å². The number of hydrogen-bond donors (Lipinski definition) is 1. The fourth-order valence-corrected chi connectivity index (χ4v) is 3.07. The molecule has 1 amide bonds. The molecule has 1 aliphatic rings. The molecule has 126 valence electrons. The van der Waals surface area contributed by atoms with E-state index in [2.05, 4.69) is 19.9 Å². The van der Waals surface area contributed by atoms with Crippen LogP contribution < -0.4 is 5.73 Å². The predicted molar refractivity (Wildman–Crippen MR) is 92.6 cm³/mol. The van der Waals surface area contributed by atoms with E-state index < -0.39 is 5.41 Å². The largest absolute Gasteiger partial charge is 0.463 e. The third-order valence-electron chi connectivity index (χ3n) is 4.30. The minimum Gasteiger partial charge on any atom is -0.463 e. The second kappa shape index (κ2) is 5.96. The molecule has 4 rings (SSSR count). The minimum absolute atomic E-state index is 0.369. The van der Waals surface area contributed by atoms with Crippen molar-refractivity contribution in [1.29, 1.82) is 0 Å². The van der Waals surface area contributed by atoms with Crippen LogP contribution in [-0.2, 0) is 10.2 Å². The van der Waals surface area contributed by atoms with Gasteiger partial charge in [0.05, 0.1) is 29.3 Å². The van der Waals surface area contributed by atoms with Crippen molar-refractivity contribution in [3.63, 3.8) is 0 Å². The van der Waals surface area contributed by atoms with Gasteiger partial charge >= 0.3 is 0 Å². The molecule has 0 unspecified atom stereocenters. The summed E-state index contributed by atoms with van der Waals surface area (Å²) in [5.74, 6) is 0.195. The second-order valence-corrected chi connectivity index (χ2v) is 6.58. The summed E-state index contributed by atoms with van der Waals surface area (Å²) in [6.45, 7) is 0. The zero-order valence-electron chi connectivity index (χ0n) is 13.5. The average molecular weight is 353 g/mol. The highest BCUT2D eigenvalue weighted by molar-refractivity contribution is 7.98. The standard InChI is InChI=1S/C17H15N5O2S/c1-25-16-19-7-4-10(21-16)13-14(11-3-2-8-24-11)22-12(9-20-13)17(5-6-17)15(18)23/h2-4,7-9H,5-6H2,1H3,(H2,18,23). The zero-order chi connectivity index (χ0) is 17.4. The first-order chi connectivity index (χ1) is 12.1. The summed E-state index contributed by atoms with van der Waals surface area (Å²) in [6.07, 6.45) is 8.16. The number of primary amides is 1. The molecule has 2 N–H and O–H groups in total. The quantitative estimate of drug-likeness (QED) is 0.554. The Labute approximate surface area is 148 Å². The molecule has 0 spiro atoms. The molecule has 3 heterocycles. The van der Waals surface area contributed by atoms with Gasteiger partial charge in [-0.1, -0.05) is 11.8 Å². The van der Waals surface area contributed by atoms with Crippen molar-refractivity contribution in [3.8, 4) is 22.8 Å². The van der Waals surface area contributed by atoms with E-state index in [9.17, 15) is 4.79 Å². The number of thioether (sulfide) groups is 1. The van der Waals surface area contributed by atoms with Crippen molar-refractivity contribution < 1.29 is 9.21 Å². The second-order valence-electron chi connectivity index (χ2n) is 5.80. The van der Waals surface area contributed by atoms with Crippen LogP contribution in [0.1, 0.15) is 18.5 Å². The van der Waals surface area contributed by atoms with Crippen molar-refractivity contribution in [2.75, 3.05) is 6.26 Å².